The van der Waals surface area contributed by atoms with Crippen molar-refractivity contribution < 1.29 is 4.74 Å². The molecule has 0 spiro atoms. The van der Waals surface area contributed by atoms with E-state index in [-0.39, 0.29) is 0 Å². The van der Waals surface area contributed by atoms with Gasteiger partial charge in [0.1, 0.15) is 5.75 Å². The largest absolute Gasteiger partial charge is 0.492 e. The van der Waals surface area contributed by atoms with Crippen LogP contribution in [0.15, 0.2) is 42.7 Å². The lowest BCUT2D eigenvalue weighted by Crippen LogP contribution is -2.21. The summed E-state index contributed by atoms with van der Waals surface area (Å²) < 4.78 is 5.75. The third-order valence-corrected chi connectivity index (χ3v) is 3.40. The molecule has 1 N–H and O–H groups in total. The van der Waals surface area contributed by atoms with Gasteiger partial charge in [-0.1, -0.05) is 31.5 Å². The number of pyridine rings is 1. The molecule has 0 saturated heterocycles. The summed E-state index contributed by atoms with van der Waals surface area (Å²) in [7, 11) is 0. The quantitative estimate of drug-likeness (QED) is 0.843. The van der Waals surface area contributed by atoms with Crippen molar-refractivity contribution in [3.05, 3.63) is 58.9 Å². The first-order valence-electron chi connectivity index (χ1n) is 7.18. The molecule has 0 fully saturated rings. The van der Waals surface area contributed by atoms with Crippen molar-refractivity contribution in [1.29, 1.82) is 0 Å². The molecule has 0 unspecified atom stereocenters. The van der Waals surface area contributed by atoms with Gasteiger partial charge in [-0.3, -0.25) is 4.98 Å². The van der Waals surface area contributed by atoms with Crippen LogP contribution in [-0.4, -0.2) is 17.6 Å². The maximum Gasteiger partial charge on any atom is 0.137 e. The summed E-state index contributed by atoms with van der Waals surface area (Å²) in [5.41, 5.74) is 2.37. The summed E-state index contributed by atoms with van der Waals surface area (Å²) in [5, 5.41) is 4.03. The summed E-state index contributed by atoms with van der Waals surface area (Å²) in [6, 6.07) is 10.4. The number of nitrogens with zero attached hydrogens (tertiary/aromatic N) is 1. The van der Waals surface area contributed by atoms with E-state index in [0.717, 1.165) is 24.3 Å². The molecule has 0 aliphatic rings. The maximum atomic E-state index is 6.26. The second-order valence-corrected chi connectivity index (χ2v) is 5.66. The van der Waals surface area contributed by atoms with E-state index in [4.69, 9.17) is 16.3 Å². The summed E-state index contributed by atoms with van der Waals surface area (Å²) in [5.74, 6) is 0.735. The molecule has 4 heteroatoms. The minimum atomic E-state index is 0.458. The molecule has 0 aliphatic carbocycles. The Bertz CT molecular complexity index is 558. The Balaban J connectivity index is 1.86. The molecule has 112 valence electrons. The Morgan fingerprint density at radius 2 is 1.90 bits per heavy atom. The molecule has 1 aromatic heterocycles. The van der Waals surface area contributed by atoms with E-state index < -0.39 is 0 Å². The number of ether oxygens (including phenoxy) is 1. The molecule has 0 bridgehead atoms. The average molecular weight is 305 g/mol. The first-order chi connectivity index (χ1) is 10.1. The zero-order valence-electron chi connectivity index (χ0n) is 12.5. The lowest BCUT2D eigenvalue weighted by molar-refractivity contribution is 0.322. The minimum Gasteiger partial charge on any atom is -0.492 e. The summed E-state index contributed by atoms with van der Waals surface area (Å²) >= 11 is 6.26. The zero-order valence-corrected chi connectivity index (χ0v) is 13.2. The van der Waals surface area contributed by atoms with Gasteiger partial charge in [0.25, 0.3) is 0 Å². The second kappa shape index (κ2) is 8.01. The van der Waals surface area contributed by atoms with Gasteiger partial charge in [-0.25, -0.2) is 0 Å². The van der Waals surface area contributed by atoms with Crippen molar-refractivity contribution in [2.45, 2.75) is 32.9 Å². The van der Waals surface area contributed by atoms with Crippen LogP contribution in [0.1, 0.15) is 25.0 Å². The van der Waals surface area contributed by atoms with E-state index >= 15 is 0 Å². The van der Waals surface area contributed by atoms with E-state index in [9.17, 15) is 0 Å². The number of hydrogen-bond acceptors (Lipinski definition) is 3. The highest BCUT2D eigenvalue weighted by molar-refractivity contribution is 6.32. The molecule has 2 rings (SSSR count). The monoisotopic (exact) mass is 304 g/mol. The van der Waals surface area contributed by atoms with Gasteiger partial charge < -0.3 is 10.1 Å². The first kappa shape index (κ1) is 15.8. The number of benzene rings is 1. The van der Waals surface area contributed by atoms with Gasteiger partial charge in [0.05, 0.1) is 11.6 Å². The van der Waals surface area contributed by atoms with Gasteiger partial charge in [-0.2, -0.15) is 0 Å². The van der Waals surface area contributed by atoms with Gasteiger partial charge in [-0.05, 0) is 35.4 Å². The highest BCUT2D eigenvalue weighted by Crippen LogP contribution is 2.25. The zero-order chi connectivity index (χ0) is 15.1. The van der Waals surface area contributed by atoms with Gasteiger partial charge in [0.15, 0.2) is 0 Å². The number of halogens is 1. The smallest absolute Gasteiger partial charge is 0.137 e. The molecule has 3 nitrogen and oxygen atoms in total. The standard InChI is InChI=1S/C17H21ClN2O/c1-13(2)20-12-15-3-4-17(16(18)11-15)21-10-7-14-5-8-19-9-6-14/h3-6,8-9,11,13,20H,7,10,12H2,1-2H3. The van der Waals surface area contributed by atoms with E-state index in [1.807, 2.05) is 30.3 Å². The van der Waals surface area contributed by atoms with E-state index in [1.165, 1.54) is 5.56 Å². The van der Waals surface area contributed by atoms with Crippen molar-refractivity contribution in [1.82, 2.24) is 10.3 Å². The van der Waals surface area contributed by atoms with Crippen LogP contribution in [0.5, 0.6) is 5.75 Å². The Morgan fingerprint density at radius 1 is 1.14 bits per heavy atom. The van der Waals surface area contributed by atoms with E-state index in [1.54, 1.807) is 12.4 Å². The van der Waals surface area contributed by atoms with E-state index in [0.29, 0.717) is 17.7 Å². The molecule has 1 heterocycles. The van der Waals surface area contributed by atoms with Crippen LogP contribution >= 0.6 is 11.6 Å². The van der Waals surface area contributed by atoms with Crippen LogP contribution in [-0.2, 0) is 13.0 Å². The number of rotatable bonds is 7. The van der Waals surface area contributed by atoms with Crippen molar-refractivity contribution in [3.63, 3.8) is 0 Å². The minimum absolute atomic E-state index is 0.458. The molecule has 0 radical (unpaired) electrons. The summed E-state index contributed by atoms with van der Waals surface area (Å²) in [6.45, 7) is 5.67. The molecule has 0 amide bonds. The number of nitrogens with one attached hydrogen (secondary N) is 1. The third-order valence-electron chi connectivity index (χ3n) is 3.11. The van der Waals surface area contributed by atoms with E-state index in [2.05, 4.69) is 24.1 Å². The molecule has 2 aromatic rings. The Labute approximate surface area is 131 Å². The second-order valence-electron chi connectivity index (χ2n) is 5.25. The molecule has 0 aliphatic heterocycles. The van der Waals surface area contributed by atoms with Crippen molar-refractivity contribution >= 4 is 11.6 Å². The SMILES string of the molecule is CC(C)NCc1ccc(OCCc2ccncc2)c(Cl)c1. The Morgan fingerprint density at radius 3 is 2.57 bits per heavy atom. The fourth-order valence-corrected chi connectivity index (χ4v) is 2.18. The first-order valence-corrected chi connectivity index (χ1v) is 7.56. The molecular formula is C17H21ClN2O. The van der Waals surface area contributed by atoms with Crippen LogP contribution in [0.25, 0.3) is 0 Å². The van der Waals surface area contributed by atoms with Crippen LogP contribution in [0.3, 0.4) is 0 Å². The molecule has 0 atom stereocenters. The maximum absolute atomic E-state index is 6.26. The van der Waals surface area contributed by atoms with Gasteiger partial charge in [0, 0.05) is 31.4 Å². The Kier molecular flexibility index (Phi) is 6.03. The highest BCUT2D eigenvalue weighted by Gasteiger charge is 2.04. The van der Waals surface area contributed by atoms with Gasteiger partial charge in [-0.15, -0.1) is 0 Å². The predicted octanol–water partition coefficient (Wildman–Crippen LogP) is 3.85. The average Bonchev–Trinajstić information content (AvgIpc) is 2.48. The fraction of sp³-hybridized carbons (Fsp3) is 0.353. The highest BCUT2D eigenvalue weighted by atomic mass is 35.5. The van der Waals surface area contributed by atoms with Crippen molar-refractivity contribution in [2.75, 3.05) is 6.61 Å². The van der Waals surface area contributed by atoms with Crippen molar-refractivity contribution in [3.8, 4) is 5.75 Å². The third kappa shape index (κ3) is 5.37. The molecule has 0 saturated carbocycles. The lowest BCUT2D eigenvalue weighted by Gasteiger charge is -2.11. The molecule has 21 heavy (non-hydrogen) atoms. The van der Waals surface area contributed by atoms with Gasteiger partial charge in [0.2, 0.25) is 0 Å². The number of aromatic nitrogens is 1. The molecule has 1 aromatic carbocycles. The topological polar surface area (TPSA) is 34.1 Å². The Hall–Kier alpha value is -1.58. The van der Waals surface area contributed by atoms with Crippen molar-refractivity contribution in [2.24, 2.45) is 0 Å². The van der Waals surface area contributed by atoms with Gasteiger partial charge >= 0.3 is 0 Å². The van der Waals surface area contributed by atoms with Crippen LogP contribution in [0.4, 0.5) is 0 Å². The van der Waals surface area contributed by atoms with Crippen LogP contribution in [0, 0.1) is 0 Å². The normalized spacial score (nSPS) is 10.9. The summed E-state index contributed by atoms with van der Waals surface area (Å²) in [4.78, 5) is 4.00. The summed E-state index contributed by atoms with van der Waals surface area (Å²) in [6.07, 6.45) is 4.42. The fourth-order valence-electron chi connectivity index (χ4n) is 1.92. The van der Waals surface area contributed by atoms with Crippen LogP contribution in [0.2, 0.25) is 5.02 Å². The molecular weight excluding hydrogens is 284 g/mol. The number of hydrogen-bond donors (Lipinski definition) is 1. The lowest BCUT2D eigenvalue weighted by atomic mass is 10.2. The van der Waals surface area contributed by atoms with Crippen LogP contribution < -0.4 is 10.1 Å². The predicted molar refractivity (Wildman–Crippen MR) is 86.9 cm³/mol.